The highest BCUT2D eigenvalue weighted by Gasteiger charge is 2.06. The summed E-state index contributed by atoms with van der Waals surface area (Å²) < 4.78 is 0. The maximum atomic E-state index is 8.77. The molecular formula is C17H20N2OS. The van der Waals surface area contributed by atoms with Crippen molar-refractivity contribution in [3.63, 3.8) is 0 Å². The minimum Gasteiger partial charge on any atom is -0.395 e. The third kappa shape index (κ3) is 5.31. The van der Waals surface area contributed by atoms with Gasteiger partial charge in [-0.15, -0.1) is 11.3 Å². The number of aliphatic hydroxyl groups excluding tert-OH is 1. The van der Waals surface area contributed by atoms with Gasteiger partial charge in [0, 0.05) is 48.3 Å². The first-order valence-electron chi connectivity index (χ1n) is 7.04. The van der Waals surface area contributed by atoms with Crippen LogP contribution in [0.4, 0.5) is 0 Å². The van der Waals surface area contributed by atoms with Crippen molar-refractivity contribution in [3.05, 3.63) is 52.0 Å². The minimum atomic E-state index is 0.121. The van der Waals surface area contributed by atoms with Crippen LogP contribution in [-0.2, 0) is 13.0 Å². The first kappa shape index (κ1) is 15.7. The van der Waals surface area contributed by atoms with Crippen molar-refractivity contribution >= 4 is 11.3 Å². The predicted octanol–water partition coefficient (Wildman–Crippen LogP) is 2.55. The van der Waals surface area contributed by atoms with Gasteiger partial charge < -0.3 is 10.0 Å². The standard InChI is InChI=1S/C17H20N2OS/c1-19(11-8-16-7-2-4-10-18-16)14-17-15(9-13-21-17)6-3-5-12-20/h2,4,7,9-10,13,20H,5,8,11-12,14H2,1H3. The Morgan fingerprint density at radius 2 is 2.24 bits per heavy atom. The molecule has 0 amide bonds. The molecule has 2 rings (SSSR count). The Kier molecular flexibility index (Phi) is 6.42. The highest BCUT2D eigenvalue weighted by Crippen LogP contribution is 2.17. The third-order valence-corrected chi connectivity index (χ3v) is 4.00. The van der Waals surface area contributed by atoms with Crippen LogP contribution in [-0.4, -0.2) is 35.2 Å². The van der Waals surface area contributed by atoms with Crippen LogP contribution in [0.1, 0.15) is 22.6 Å². The van der Waals surface area contributed by atoms with Gasteiger partial charge in [0.15, 0.2) is 0 Å². The number of likely N-dealkylation sites (N-methyl/N-ethyl adjacent to an activating group) is 1. The Bertz CT molecular complexity index is 598. The molecule has 2 aromatic heterocycles. The molecule has 0 spiro atoms. The van der Waals surface area contributed by atoms with Gasteiger partial charge in [0.05, 0.1) is 6.61 Å². The zero-order valence-corrected chi connectivity index (χ0v) is 13.1. The van der Waals surface area contributed by atoms with E-state index in [1.165, 1.54) is 4.88 Å². The number of thiophene rings is 1. The summed E-state index contributed by atoms with van der Waals surface area (Å²) in [5.41, 5.74) is 2.21. The minimum absolute atomic E-state index is 0.121. The van der Waals surface area contributed by atoms with E-state index in [4.69, 9.17) is 5.11 Å². The fourth-order valence-electron chi connectivity index (χ4n) is 1.96. The third-order valence-electron chi connectivity index (χ3n) is 3.09. The smallest absolute Gasteiger partial charge is 0.0540 e. The van der Waals surface area contributed by atoms with E-state index in [1.807, 2.05) is 18.3 Å². The topological polar surface area (TPSA) is 36.4 Å². The van der Waals surface area contributed by atoms with Crippen LogP contribution >= 0.6 is 11.3 Å². The lowest BCUT2D eigenvalue weighted by Gasteiger charge is -2.15. The second kappa shape index (κ2) is 8.58. The zero-order valence-electron chi connectivity index (χ0n) is 12.2. The quantitative estimate of drug-likeness (QED) is 0.833. The SMILES string of the molecule is CN(CCc1ccccn1)Cc1sccc1C#CCCO. The van der Waals surface area contributed by atoms with E-state index in [0.29, 0.717) is 6.42 Å². The number of hydrogen-bond donors (Lipinski definition) is 1. The van der Waals surface area contributed by atoms with Crippen LogP contribution < -0.4 is 0 Å². The fourth-order valence-corrected chi connectivity index (χ4v) is 2.87. The van der Waals surface area contributed by atoms with Crippen molar-refractivity contribution in [1.82, 2.24) is 9.88 Å². The molecule has 0 bridgehead atoms. The molecule has 0 radical (unpaired) electrons. The molecule has 0 atom stereocenters. The van der Waals surface area contributed by atoms with E-state index in [1.54, 1.807) is 11.3 Å². The molecule has 3 nitrogen and oxygen atoms in total. The average molecular weight is 300 g/mol. The van der Waals surface area contributed by atoms with Crippen LogP contribution in [0.3, 0.4) is 0 Å². The van der Waals surface area contributed by atoms with Crippen LogP contribution in [0, 0.1) is 11.8 Å². The van der Waals surface area contributed by atoms with Gasteiger partial charge in [-0.05, 0) is 30.6 Å². The number of aromatic nitrogens is 1. The van der Waals surface area contributed by atoms with E-state index in [0.717, 1.165) is 30.8 Å². The maximum Gasteiger partial charge on any atom is 0.0540 e. The van der Waals surface area contributed by atoms with E-state index < -0.39 is 0 Å². The summed E-state index contributed by atoms with van der Waals surface area (Å²) in [5.74, 6) is 6.12. The van der Waals surface area contributed by atoms with E-state index >= 15 is 0 Å². The van der Waals surface area contributed by atoms with Crippen molar-refractivity contribution < 1.29 is 5.11 Å². The summed E-state index contributed by atoms with van der Waals surface area (Å²) in [6, 6.07) is 8.08. The summed E-state index contributed by atoms with van der Waals surface area (Å²) in [6.45, 7) is 1.99. The predicted molar refractivity (Wildman–Crippen MR) is 87.2 cm³/mol. The Morgan fingerprint density at radius 3 is 3.00 bits per heavy atom. The van der Waals surface area contributed by atoms with Crippen LogP contribution in [0.2, 0.25) is 0 Å². The molecule has 0 aliphatic rings. The molecule has 2 heterocycles. The van der Waals surface area contributed by atoms with E-state index in [9.17, 15) is 0 Å². The molecule has 110 valence electrons. The van der Waals surface area contributed by atoms with Crippen LogP contribution in [0.15, 0.2) is 35.8 Å². The summed E-state index contributed by atoms with van der Waals surface area (Å²) in [5, 5.41) is 10.8. The van der Waals surface area contributed by atoms with Crippen molar-refractivity contribution in [2.75, 3.05) is 20.2 Å². The lowest BCUT2D eigenvalue weighted by molar-refractivity contribution is 0.305. The second-order valence-corrected chi connectivity index (χ2v) is 5.84. The average Bonchev–Trinajstić information content (AvgIpc) is 2.94. The first-order valence-corrected chi connectivity index (χ1v) is 7.92. The van der Waals surface area contributed by atoms with Crippen molar-refractivity contribution in [2.24, 2.45) is 0 Å². The molecule has 1 N–H and O–H groups in total. The molecule has 0 aliphatic heterocycles. The Hall–Kier alpha value is -1.67. The Morgan fingerprint density at radius 1 is 1.33 bits per heavy atom. The van der Waals surface area contributed by atoms with Gasteiger partial charge in [0.25, 0.3) is 0 Å². The van der Waals surface area contributed by atoms with E-state index in [-0.39, 0.29) is 6.61 Å². The molecular weight excluding hydrogens is 280 g/mol. The van der Waals surface area contributed by atoms with Gasteiger partial charge in [-0.3, -0.25) is 4.98 Å². The Labute approximate surface area is 130 Å². The summed E-state index contributed by atoms with van der Waals surface area (Å²) in [7, 11) is 2.12. The Balaban J connectivity index is 1.87. The molecule has 21 heavy (non-hydrogen) atoms. The van der Waals surface area contributed by atoms with Crippen molar-refractivity contribution in [3.8, 4) is 11.8 Å². The number of pyridine rings is 1. The molecule has 2 aromatic rings. The van der Waals surface area contributed by atoms with E-state index in [2.05, 4.69) is 46.3 Å². The molecule has 0 aliphatic carbocycles. The summed E-state index contributed by atoms with van der Waals surface area (Å²) in [4.78, 5) is 7.92. The number of aliphatic hydroxyl groups is 1. The maximum absolute atomic E-state index is 8.77. The van der Waals surface area contributed by atoms with Crippen molar-refractivity contribution in [2.45, 2.75) is 19.4 Å². The molecule has 0 saturated heterocycles. The lowest BCUT2D eigenvalue weighted by atomic mass is 10.2. The second-order valence-electron chi connectivity index (χ2n) is 4.84. The van der Waals surface area contributed by atoms with Crippen LogP contribution in [0.5, 0.6) is 0 Å². The highest BCUT2D eigenvalue weighted by molar-refractivity contribution is 7.10. The van der Waals surface area contributed by atoms with Gasteiger partial charge in [-0.25, -0.2) is 0 Å². The monoisotopic (exact) mass is 300 g/mol. The number of hydrogen-bond acceptors (Lipinski definition) is 4. The largest absolute Gasteiger partial charge is 0.395 e. The lowest BCUT2D eigenvalue weighted by Crippen LogP contribution is -2.20. The van der Waals surface area contributed by atoms with Gasteiger partial charge in [0.2, 0.25) is 0 Å². The number of rotatable bonds is 6. The van der Waals surface area contributed by atoms with Gasteiger partial charge >= 0.3 is 0 Å². The first-order chi connectivity index (χ1) is 10.3. The summed E-state index contributed by atoms with van der Waals surface area (Å²) >= 11 is 1.74. The molecule has 4 heteroatoms. The zero-order chi connectivity index (χ0) is 14.9. The highest BCUT2D eigenvalue weighted by atomic mass is 32.1. The van der Waals surface area contributed by atoms with Crippen molar-refractivity contribution in [1.29, 1.82) is 0 Å². The fraction of sp³-hybridized carbons (Fsp3) is 0.353. The normalized spacial score (nSPS) is 10.4. The van der Waals surface area contributed by atoms with Gasteiger partial charge in [-0.1, -0.05) is 17.9 Å². The van der Waals surface area contributed by atoms with Crippen LogP contribution in [0.25, 0.3) is 0 Å². The molecule has 0 fully saturated rings. The van der Waals surface area contributed by atoms with Gasteiger partial charge in [-0.2, -0.15) is 0 Å². The molecule has 0 unspecified atom stereocenters. The van der Waals surface area contributed by atoms with Gasteiger partial charge in [0.1, 0.15) is 0 Å². The molecule has 0 aromatic carbocycles. The molecule has 0 saturated carbocycles. The number of nitrogens with zero attached hydrogens (tertiary/aromatic N) is 2. The summed E-state index contributed by atoms with van der Waals surface area (Å²) in [6.07, 6.45) is 3.32.